The summed E-state index contributed by atoms with van der Waals surface area (Å²) >= 11 is 6.17. The first-order valence-corrected chi connectivity index (χ1v) is 14.2. The molecular weight excluding hydrogens is 494 g/mol. The van der Waals surface area contributed by atoms with Crippen molar-refractivity contribution in [2.24, 2.45) is 5.41 Å². The number of aromatic hydroxyl groups is 1. The van der Waals surface area contributed by atoms with E-state index in [0.717, 1.165) is 64.4 Å². The number of allylic oxidation sites excluding steroid dienone is 2. The molecule has 5 heteroatoms. The topological polar surface area (TPSA) is 49.8 Å². The summed E-state index contributed by atoms with van der Waals surface area (Å²) in [5.41, 5.74) is 6.08. The number of nitrogens with zero attached hydrogens (tertiary/aromatic N) is 1. The van der Waals surface area contributed by atoms with Gasteiger partial charge in [-0.1, -0.05) is 48.4 Å². The zero-order valence-corrected chi connectivity index (χ0v) is 22.5. The van der Waals surface area contributed by atoms with Crippen LogP contribution in [-0.2, 0) is 17.6 Å². The number of rotatable bonds is 7. The van der Waals surface area contributed by atoms with E-state index in [2.05, 4.69) is 17.0 Å². The molecule has 1 saturated heterocycles. The number of halogens is 1. The monoisotopic (exact) mass is 527 g/mol. The van der Waals surface area contributed by atoms with Gasteiger partial charge in [0.1, 0.15) is 18.1 Å². The molecule has 1 atom stereocenters. The van der Waals surface area contributed by atoms with Crippen LogP contribution in [0.15, 0.2) is 66.7 Å². The molecule has 0 unspecified atom stereocenters. The number of phenols is 1. The molecule has 3 aromatic rings. The van der Waals surface area contributed by atoms with Crippen LogP contribution in [0, 0.1) is 5.41 Å². The second-order valence-electron chi connectivity index (χ2n) is 11.1. The second-order valence-corrected chi connectivity index (χ2v) is 11.5. The van der Waals surface area contributed by atoms with E-state index in [-0.39, 0.29) is 16.9 Å². The molecule has 1 aliphatic heterocycles. The minimum Gasteiger partial charge on any atom is -0.508 e. The molecule has 0 radical (unpaired) electrons. The number of piperidine rings is 1. The molecule has 3 aliphatic rings. The first-order chi connectivity index (χ1) is 18.5. The Labute approximate surface area is 229 Å². The Bertz CT molecular complexity index is 1360. The van der Waals surface area contributed by atoms with Crippen molar-refractivity contribution in [1.82, 2.24) is 4.90 Å². The third kappa shape index (κ3) is 5.00. The zero-order chi connectivity index (χ0) is 26.1. The predicted molar refractivity (Wildman–Crippen MR) is 153 cm³/mol. The van der Waals surface area contributed by atoms with Crippen LogP contribution in [0.2, 0.25) is 5.02 Å². The lowest BCUT2D eigenvalue weighted by Gasteiger charge is -2.37. The van der Waals surface area contributed by atoms with Gasteiger partial charge < -0.3 is 9.84 Å². The average molecular weight is 528 g/mol. The largest absolute Gasteiger partial charge is 0.508 e. The molecule has 0 saturated carbocycles. The van der Waals surface area contributed by atoms with Gasteiger partial charge >= 0.3 is 0 Å². The van der Waals surface area contributed by atoms with E-state index < -0.39 is 0 Å². The third-order valence-corrected chi connectivity index (χ3v) is 8.75. The lowest BCUT2D eigenvalue weighted by atomic mass is 9.65. The quantitative estimate of drug-likeness (QED) is 0.360. The van der Waals surface area contributed by atoms with Crippen molar-refractivity contribution in [2.45, 2.75) is 44.9 Å². The number of hydrogen-bond acceptors (Lipinski definition) is 4. The number of hydrogen-bond donors (Lipinski definition) is 1. The predicted octanol–water partition coefficient (Wildman–Crippen LogP) is 6.97. The molecule has 1 heterocycles. The lowest BCUT2D eigenvalue weighted by molar-refractivity contribution is -0.114. The number of ketones is 1. The first kappa shape index (κ1) is 25.2. The third-order valence-electron chi connectivity index (χ3n) is 8.50. The summed E-state index contributed by atoms with van der Waals surface area (Å²) < 4.78 is 6.06. The molecule has 3 aromatic carbocycles. The van der Waals surface area contributed by atoms with Gasteiger partial charge in [-0.05, 0) is 109 Å². The maximum Gasteiger partial charge on any atom is 0.163 e. The van der Waals surface area contributed by atoms with Gasteiger partial charge in [0, 0.05) is 29.0 Å². The Hall–Kier alpha value is -3.08. The number of phenolic OH excluding ortho intramolecular Hbond substituents is 1. The summed E-state index contributed by atoms with van der Waals surface area (Å²) in [5.74, 6) is 1.29. The van der Waals surface area contributed by atoms with E-state index in [0.29, 0.717) is 13.0 Å². The molecule has 6 rings (SSSR count). The van der Waals surface area contributed by atoms with Crippen molar-refractivity contribution < 1.29 is 14.6 Å². The number of benzene rings is 3. The highest BCUT2D eigenvalue weighted by Crippen LogP contribution is 2.57. The van der Waals surface area contributed by atoms with E-state index in [9.17, 15) is 9.90 Å². The summed E-state index contributed by atoms with van der Waals surface area (Å²) in [6, 6.07) is 21.7. The lowest BCUT2D eigenvalue weighted by Crippen LogP contribution is -2.33. The standard InChI is InChI=1S/C33H34ClNO3/c34-26-8-4-23(5-9-26)21-33-15-14-30(37)31(32(33)29-13-10-27(36)20-25(29)22-33)24-6-11-28(12-7-24)38-19-18-35-16-2-1-3-17-35/h4-13,20,36H,1-3,14-19,21-22H2/t33-/m1/s1. The van der Waals surface area contributed by atoms with Crippen LogP contribution in [0.25, 0.3) is 11.1 Å². The zero-order valence-electron chi connectivity index (χ0n) is 21.7. The SMILES string of the molecule is O=C1CC[C@@]2(Cc3ccc(Cl)cc3)Cc3cc(O)ccc3C2=C1c1ccc(OCCN2CCCCC2)cc1. The maximum absolute atomic E-state index is 13.5. The van der Waals surface area contributed by atoms with Crippen LogP contribution in [0.4, 0.5) is 0 Å². The number of ether oxygens (including phenoxy) is 1. The van der Waals surface area contributed by atoms with Crippen molar-refractivity contribution in [3.05, 3.63) is 94.0 Å². The highest BCUT2D eigenvalue weighted by molar-refractivity contribution is 6.31. The van der Waals surface area contributed by atoms with Crippen LogP contribution >= 0.6 is 11.6 Å². The fourth-order valence-electron chi connectivity index (χ4n) is 6.67. The van der Waals surface area contributed by atoms with Gasteiger partial charge in [0.25, 0.3) is 0 Å². The molecule has 0 aromatic heterocycles. The van der Waals surface area contributed by atoms with E-state index in [1.807, 2.05) is 48.5 Å². The summed E-state index contributed by atoms with van der Waals surface area (Å²) in [6.45, 7) is 3.95. The number of carbonyl (C=O) groups is 1. The minimum atomic E-state index is -0.198. The van der Waals surface area contributed by atoms with Gasteiger partial charge in [-0.3, -0.25) is 9.69 Å². The average Bonchev–Trinajstić information content (AvgIpc) is 3.24. The van der Waals surface area contributed by atoms with Crippen LogP contribution in [0.5, 0.6) is 11.5 Å². The van der Waals surface area contributed by atoms with Gasteiger partial charge in [-0.15, -0.1) is 0 Å². The number of likely N-dealkylation sites (tertiary alicyclic amines) is 1. The molecular formula is C33H34ClNO3. The number of Topliss-reactive ketones (excluding diaryl/α,β-unsaturated/α-hetero) is 1. The van der Waals surface area contributed by atoms with Gasteiger partial charge in [0.05, 0.1) is 0 Å². The first-order valence-electron chi connectivity index (χ1n) is 13.8. The van der Waals surface area contributed by atoms with Gasteiger partial charge in [0.15, 0.2) is 5.78 Å². The number of carbonyl (C=O) groups excluding carboxylic acids is 1. The van der Waals surface area contributed by atoms with Crippen molar-refractivity contribution >= 4 is 28.5 Å². The molecule has 0 amide bonds. The molecule has 1 N–H and O–H groups in total. The molecule has 4 nitrogen and oxygen atoms in total. The smallest absolute Gasteiger partial charge is 0.163 e. The highest BCUT2D eigenvalue weighted by atomic mass is 35.5. The normalized spacial score (nSPS) is 21.3. The van der Waals surface area contributed by atoms with Crippen LogP contribution in [-0.4, -0.2) is 42.0 Å². The molecule has 1 fully saturated rings. The van der Waals surface area contributed by atoms with E-state index in [4.69, 9.17) is 16.3 Å². The summed E-state index contributed by atoms with van der Waals surface area (Å²) in [7, 11) is 0. The van der Waals surface area contributed by atoms with E-state index in [1.54, 1.807) is 6.07 Å². The maximum atomic E-state index is 13.5. The minimum absolute atomic E-state index is 0.187. The Morgan fingerprint density at radius 3 is 2.47 bits per heavy atom. The summed E-state index contributed by atoms with van der Waals surface area (Å²) in [4.78, 5) is 16.0. The Morgan fingerprint density at radius 1 is 0.947 bits per heavy atom. The van der Waals surface area contributed by atoms with Gasteiger partial charge in [0.2, 0.25) is 0 Å². The molecule has 2 aliphatic carbocycles. The Balaban J connectivity index is 1.32. The van der Waals surface area contributed by atoms with Gasteiger partial charge in [-0.2, -0.15) is 0 Å². The summed E-state index contributed by atoms with van der Waals surface area (Å²) in [5, 5.41) is 11.0. The fraction of sp³-hybridized carbons (Fsp3) is 0.364. The van der Waals surface area contributed by atoms with Crippen LogP contribution < -0.4 is 4.74 Å². The Kier molecular flexibility index (Phi) is 7.03. The Morgan fingerprint density at radius 2 is 1.71 bits per heavy atom. The van der Waals surface area contributed by atoms with E-state index >= 15 is 0 Å². The molecule has 0 spiro atoms. The fourth-order valence-corrected chi connectivity index (χ4v) is 6.80. The van der Waals surface area contributed by atoms with Gasteiger partial charge in [-0.25, -0.2) is 0 Å². The molecule has 38 heavy (non-hydrogen) atoms. The molecule has 196 valence electrons. The van der Waals surface area contributed by atoms with Crippen LogP contribution in [0.3, 0.4) is 0 Å². The van der Waals surface area contributed by atoms with Crippen molar-refractivity contribution in [3.8, 4) is 11.5 Å². The number of fused-ring (bicyclic) bond motifs is 3. The van der Waals surface area contributed by atoms with Crippen molar-refractivity contribution in [2.75, 3.05) is 26.2 Å². The molecule has 0 bridgehead atoms. The van der Waals surface area contributed by atoms with Crippen molar-refractivity contribution in [1.29, 1.82) is 0 Å². The van der Waals surface area contributed by atoms with E-state index in [1.165, 1.54) is 37.9 Å². The summed E-state index contributed by atoms with van der Waals surface area (Å²) in [6.07, 6.45) is 6.83. The second kappa shape index (κ2) is 10.6. The van der Waals surface area contributed by atoms with Crippen LogP contribution in [0.1, 0.15) is 54.4 Å². The highest BCUT2D eigenvalue weighted by Gasteiger charge is 2.47. The van der Waals surface area contributed by atoms with Crippen molar-refractivity contribution in [3.63, 3.8) is 0 Å².